The number of hydrogen-bond donors (Lipinski definition) is 0. The smallest absolute Gasteiger partial charge is 0.226 e. The van der Waals surface area contributed by atoms with Crippen molar-refractivity contribution in [3.05, 3.63) is 52.8 Å². The van der Waals surface area contributed by atoms with Gasteiger partial charge in [-0.1, -0.05) is 40.2 Å². The molecule has 0 bridgehead atoms. The van der Waals surface area contributed by atoms with Crippen molar-refractivity contribution in [1.29, 1.82) is 0 Å². The first-order valence-electron chi connectivity index (χ1n) is 5.36. The zero-order valence-corrected chi connectivity index (χ0v) is 10.9. The van der Waals surface area contributed by atoms with Crippen LogP contribution in [-0.4, -0.2) is 4.98 Å². The lowest BCUT2D eigenvalue weighted by atomic mass is 10.0. The number of halogens is 1. The summed E-state index contributed by atoms with van der Waals surface area (Å²) in [4.78, 5) is 4.28. The number of benzene rings is 2. The summed E-state index contributed by atoms with van der Waals surface area (Å²) in [6, 6.07) is 12.3. The topological polar surface area (TPSA) is 26.0 Å². The Balaban J connectivity index is 2.34. The van der Waals surface area contributed by atoms with Crippen LogP contribution in [0.15, 0.2) is 51.5 Å². The second-order valence-corrected chi connectivity index (χ2v) is 4.77. The first kappa shape index (κ1) is 10.5. The van der Waals surface area contributed by atoms with Crippen LogP contribution in [0.3, 0.4) is 0 Å². The lowest BCUT2D eigenvalue weighted by Crippen LogP contribution is -1.82. The van der Waals surface area contributed by atoms with Gasteiger partial charge in [-0.3, -0.25) is 0 Å². The zero-order chi connectivity index (χ0) is 11.8. The molecule has 0 fully saturated rings. The van der Waals surface area contributed by atoms with E-state index < -0.39 is 0 Å². The summed E-state index contributed by atoms with van der Waals surface area (Å²) in [7, 11) is 0. The van der Waals surface area contributed by atoms with E-state index in [2.05, 4.69) is 33.0 Å². The second kappa shape index (κ2) is 4.00. The zero-order valence-electron chi connectivity index (χ0n) is 9.27. The van der Waals surface area contributed by atoms with Gasteiger partial charge in [0.15, 0.2) is 0 Å². The normalized spacial score (nSPS) is 10.9. The number of oxazole rings is 1. The van der Waals surface area contributed by atoms with Gasteiger partial charge in [0.25, 0.3) is 0 Å². The van der Waals surface area contributed by atoms with Crippen LogP contribution in [0, 0.1) is 6.92 Å². The molecular weight excluding hydrogens is 278 g/mol. The fraction of sp³-hybridized carbons (Fsp3) is 0.0714. The standard InChI is InChI=1S/C14H10BrNO/c1-9-8-16-14(17-9)12-6-7-13(15)11-5-3-2-4-10(11)12/h2-8H,1H3. The number of nitrogens with zero attached hydrogens (tertiary/aromatic N) is 1. The van der Waals surface area contributed by atoms with Gasteiger partial charge in [-0.2, -0.15) is 0 Å². The predicted octanol–water partition coefficient (Wildman–Crippen LogP) is 4.57. The lowest BCUT2D eigenvalue weighted by Gasteiger charge is -2.04. The Morgan fingerprint density at radius 3 is 2.53 bits per heavy atom. The third-order valence-electron chi connectivity index (χ3n) is 2.72. The average Bonchev–Trinajstić information content (AvgIpc) is 2.77. The molecule has 0 aliphatic carbocycles. The maximum atomic E-state index is 5.59. The highest BCUT2D eigenvalue weighted by Gasteiger charge is 2.10. The van der Waals surface area contributed by atoms with Crippen molar-refractivity contribution in [2.75, 3.05) is 0 Å². The number of aryl methyl sites for hydroxylation is 1. The number of hydrogen-bond acceptors (Lipinski definition) is 2. The Morgan fingerprint density at radius 2 is 1.82 bits per heavy atom. The molecule has 2 nitrogen and oxygen atoms in total. The van der Waals surface area contributed by atoms with E-state index >= 15 is 0 Å². The summed E-state index contributed by atoms with van der Waals surface area (Å²) >= 11 is 3.56. The van der Waals surface area contributed by atoms with Crippen LogP contribution in [0.25, 0.3) is 22.2 Å². The largest absolute Gasteiger partial charge is 0.441 e. The summed E-state index contributed by atoms with van der Waals surface area (Å²) in [5, 5.41) is 2.31. The number of aromatic nitrogens is 1. The Bertz CT molecular complexity index is 688. The predicted molar refractivity (Wildman–Crippen MR) is 71.9 cm³/mol. The molecule has 2 aromatic carbocycles. The van der Waals surface area contributed by atoms with Gasteiger partial charge in [-0.25, -0.2) is 4.98 Å². The van der Waals surface area contributed by atoms with Crippen molar-refractivity contribution in [2.24, 2.45) is 0 Å². The van der Waals surface area contributed by atoms with Gasteiger partial charge >= 0.3 is 0 Å². The Kier molecular flexibility index (Phi) is 2.48. The minimum absolute atomic E-state index is 0.672. The van der Waals surface area contributed by atoms with Gasteiger partial charge in [0.1, 0.15) is 5.76 Å². The summed E-state index contributed by atoms with van der Waals surface area (Å²) in [5.74, 6) is 1.50. The van der Waals surface area contributed by atoms with Gasteiger partial charge in [-0.05, 0) is 29.8 Å². The molecule has 0 unspecified atom stereocenters. The fourth-order valence-electron chi connectivity index (χ4n) is 1.93. The first-order valence-corrected chi connectivity index (χ1v) is 6.15. The molecule has 1 aromatic heterocycles. The highest BCUT2D eigenvalue weighted by molar-refractivity contribution is 9.10. The summed E-state index contributed by atoms with van der Waals surface area (Å²) in [6.45, 7) is 1.90. The van der Waals surface area contributed by atoms with Crippen LogP contribution in [0.2, 0.25) is 0 Å². The molecule has 3 heteroatoms. The van der Waals surface area contributed by atoms with E-state index in [0.717, 1.165) is 21.2 Å². The van der Waals surface area contributed by atoms with Gasteiger partial charge in [0.05, 0.1) is 6.20 Å². The van der Waals surface area contributed by atoms with Crippen LogP contribution in [-0.2, 0) is 0 Å². The molecule has 1 heterocycles. The van der Waals surface area contributed by atoms with Gasteiger partial charge in [-0.15, -0.1) is 0 Å². The van der Waals surface area contributed by atoms with Crippen molar-refractivity contribution >= 4 is 26.7 Å². The molecule has 0 N–H and O–H groups in total. The van der Waals surface area contributed by atoms with Crippen LogP contribution in [0.5, 0.6) is 0 Å². The van der Waals surface area contributed by atoms with Crippen LogP contribution in [0.1, 0.15) is 5.76 Å². The van der Waals surface area contributed by atoms with Gasteiger partial charge < -0.3 is 4.42 Å². The van der Waals surface area contributed by atoms with Crippen molar-refractivity contribution in [2.45, 2.75) is 6.92 Å². The molecule has 0 spiro atoms. The molecule has 0 aliphatic rings. The van der Waals surface area contributed by atoms with Crippen molar-refractivity contribution in [1.82, 2.24) is 4.98 Å². The minimum Gasteiger partial charge on any atom is -0.441 e. The Labute approximate surface area is 107 Å². The SMILES string of the molecule is Cc1cnc(-c2ccc(Br)c3ccccc23)o1. The van der Waals surface area contributed by atoms with Crippen LogP contribution >= 0.6 is 15.9 Å². The van der Waals surface area contributed by atoms with E-state index in [1.807, 2.05) is 31.2 Å². The molecule has 0 aliphatic heterocycles. The van der Waals surface area contributed by atoms with Crippen molar-refractivity contribution < 1.29 is 4.42 Å². The maximum Gasteiger partial charge on any atom is 0.226 e. The molecule has 0 amide bonds. The summed E-state index contributed by atoms with van der Waals surface area (Å²) < 4.78 is 6.67. The quantitative estimate of drug-likeness (QED) is 0.655. The van der Waals surface area contributed by atoms with Crippen molar-refractivity contribution in [3.63, 3.8) is 0 Å². The van der Waals surface area contributed by atoms with Gasteiger partial charge in [0.2, 0.25) is 5.89 Å². The third-order valence-corrected chi connectivity index (χ3v) is 3.41. The number of fused-ring (bicyclic) bond motifs is 1. The molecule has 0 radical (unpaired) electrons. The molecule has 0 atom stereocenters. The Morgan fingerprint density at radius 1 is 1.06 bits per heavy atom. The van der Waals surface area contributed by atoms with E-state index in [-0.39, 0.29) is 0 Å². The van der Waals surface area contributed by atoms with Gasteiger partial charge in [0, 0.05) is 10.0 Å². The molecule has 3 rings (SSSR count). The molecule has 3 aromatic rings. The molecule has 84 valence electrons. The first-order chi connectivity index (χ1) is 8.25. The van der Waals surface area contributed by atoms with Crippen molar-refractivity contribution in [3.8, 4) is 11.5 Å². The number of rotatable bonds is 1. The molecule has 0 saturated heterocycles. The average molecular weight is 288 g/mol. The third kappa shape index (κ3) is 1.76. The minimum atomic E-state index is 0.672. The Hall–Kier alpha value is -1.61. The fourth-order valence-corrected chi connectivity index (χ4v) is 2.41. The second-order valence-electron chi connectivity index (χ2n) is 3.92. The highest BCUT2D eigenvalue weighted by Crippen LogP contribution is 2.32. The van der Waals surface area contributed by atoms with E-state index in [1.165, 1.54) is 5.39 Å². The van der Waals surface area contributed by atoms with E-state index in [9.17, 15) is 0 Å². The molecular formula is C14H10BrNO. The maximum absolute atomic E-state index is 5.59. The lowest BCUT2D eigenvalue weighted by molar-refractivity contribution is 0.543. The summed E-state index contributed by atoms with van der Waals surface area (Å²) in [5.41, 5.74) is 1.02. The van der Waals surface area contributed by atoms with E-state index in [4.69, 9.17) is 4.42 Å². The van der Waals surface area contributed by atoms with E-state index in [1.54, 1.807) is 6.20 Å². The molecule has 0 saturated carbocycles. The highest BCUT2D eigenvalue weighted by atomic mass is 79.9. The molecule has 17 heavy (non-hydrogen) atoms. The summed E-state index contributed by atoms with van der Waals surface area (Å²) in [6.07, 6.45) is 1.74. The monoisotopic (exact) mass is 287 g/mol. The van der Waals surface area contributed by atoms with Crippen LogP contribution in [0.4, 0.5) is 0 Å². The van der Waals surface area contributed by atoms with Crippen LogP contribution < -0.4 is 0 Å². The van der Waals surface area contributed by atoms with E-state index in [0.29, 0.717) is 5.89 Å².